The van der Waals surface area contributed by atoms with E-state index in [1.54, 1.807) is 0 Å². The van der Waals surface area contributed by atoms with Crippen molar-refractivity contribution in [1.29, 1.82) is 0 Å². The summed E-state index contributed by atoms with van der Waals surface area (Å²) >= 11 is 1.29. The molecule has 98 valence electrons. The average molecular weight is 273 g/mol. The molecule has 3 nitrogen and oxygen atoms in total. The van der Waals surface area contributed by atoms with Crippen molar-refractivity contribution in [3.63, 3.8) is 0 Å². The van der Waals surface area contributed by atoms with Crippen LogP contribution in [-0.4, -0.2) is 24.7 Å². The second kappa shape index (κ2) is 5.82. The van der Waals surface area contributed by atoms with Gasteiger partial charge in [0.2, 0.25) is 0 Å². The van der Waals surface area contributed by atoms with Crippen LogP contribution in [0.2, 0.25) is 0 Å². The molecule has 2 aromatic rings. The van der Waals surface area contributed by atoms with E-state index >= 15 is 0 Å². The maximum atomic E-state index is 11.3. The Bertz CT molecular complexity index is 602. The molecule has 0 aliphatic heterocycles. The second-order valence-electron chi connectivity index (χ2n) is 4.16. The minimum atomic E-state index is -0.903. The summed E-state index contributed by atoms with van der Waals surface area (Å²) in [5.41, 5.74) is 2.53. The highest BCUT2D eigenvalue weighted by Gasteiger charge is 2.17. The number of likely N-dealkylation sites (N-methyl/N-ethyl adjacent to an activating group) is 1. The zero-order chi connectivity index (χ0) is 13.8. The maximum Gasteiger partial charge on any atom is 0.346 e. The van der Waals surface area contributed by atoms with Crippen LogP contribution >= 0.6 is 11.3 Å². The Kier molecular flexibility index (Phi) is 4.14. The molecule has 0 saturated carbocycles. The van der Waals surface area contributed by atoms with Gasteiger partial charge in [0, 0.05) is 17.0 Å². The molecular weight excluding hydrogens is 258 g/mol. The Labute approximate surface area is 116 Å². The van der Waals surface area contributed by atoms with Gasteiger partial charge in [-0.2, -0.15) is 0 Å². The van der Waals surface area contributed by atoms with E-state index in [2.05, 4.69) is 11.9 Å². The smallest absolute Gasteiger partial charge is 0.346 e. The van der Waals surface area contributed by atoms with E-state index in [1.807, 2.05) is 43.4 Å². The predicted molar refractivity (Wildman–Crippen MR) is 79.7 cm³/mol. The first kappa shape index (κ1) is 13.5. The fraction of sp³-hybridized carbons (Fsp3) is 0.133. The molecule has 0 radical (unpaired) electrons. The molecule has 19 heavy (non-hydrogen) atoms. The van der Waals surface area contributed by atoms with E-state index in [4.69, 9.17) is 0 Å². The number of carbonyl (C=O) groups is 1. The number of nitrogens with one attached hydrogen (secondary N) is 1. The second-order valence-corrected chi connectivity index (χ2v) is 5.21. The van der Waals surface area contributed by atoms with Crippen LogP contribution in [0.3, 0.4) is 0 Å². The van der Waals surface area contributed by atoms with Gasteiger partial charge in [0.1, 0.15) is 4.88 Å². The monoisotopic (exact) mass is 273 g/mol. The fourth-order valence-corrected chi connectivity index (χ4v) is 2.92. The lowest BCUT2D eigenvalue weighted by atomic mass is 10.1. The lowest BCUT2D eigenvalue weighted by molar-refractivity contribution is 0.0702. The number of thiophene rings is 1. The Morgan fingerprint density at radius 3 is 2.63 bits per heavy atom. The fourth-order valence-electron chi connectivity index (χ4n) is 1.87. The summed E-state index contributed by atoms with van der Waals surface area (Å²) in [4.78, 5) is 12.6. The molecule has 4 heteroatoms. The highest BCUT2D eigenvalue weighted by molar-refractivity contribution is 7.17. The largest absolute Gasteiger partial charge is 0.477 e. The molecule has 0 aliphatic rings. The van der Waals surface area contributed by atoms with Crippen LogP contribution in [0.25, 0.3) is 16.0 Å². The predicted octanol–water partition coefficient (Wildman–Crippen LogP) is 3.35. The summed E-state index contributed by atoms with van der Waals surface area (Å²) in [6.07, 6.45) is 0. The molecule has 0 fully saturated rings. The van der Waals surface area contributed by atoms with Gasteiger partial charge >= 0.3 is 5.97 Å². The van der Waals surface area contributed by atoms with Crippen LogP contribution in [0.5, 0.6) is 0 Å². The van der Waals surface area contributed by atoms with Crippen molar-refractivity contribution >= 4 is 22.9 Å². The average Bonchev–Trinajstić information content (AvgIpc) is 2.85. The summed E-state index contributed by atoms with van der Waals surface area (Å²) in [5, 5.41) is 12.3. The molecule has 2 N–H and O–H groups in total. The van der Waals surface area contributed by atoms with Crippen molar-refractivity contribution < 1.29 is 9.90 Å². The van der Waals surface area contributed by atoms with E-state index in [-0.39, 0.29) is 0 Å². The van der Waals surface area contributed by atoms with Gasteiger partial charge in [-0.25, -0.2) is 4.79 Å². The quantitative estimate of drug-likeness (QED) is 0.878. The van der Waals surface area contributed by atoms with Gasteiger partial charge in [-0.05, 0) is 24.3 Å². The van der Waals surface area contributed by atoms with Gasteiger partial charge in [0.15, 0.2) is 0 Å². The Morgan fingerprint density at radius 2 is 2.05 bits per heavy atom. The molecular formula is C15H15NO2S. The van der Waals surface area contributed by atoms with E-state index in [0.29, 0.717) is 17.0 Å². The number of hydrogen-bond donors (Lipinski definition) is 2. The number of carboxylic acid groups (broad SMARTS) is 1. The number of hydrogen-bond acceptors (Lipinski definition) is 3. The molecule has 0 saturated heterocycles. The maximum absolute atomic E-state index is 11.3. The van der Waals surface area contributed by atoms with E-state index < -0.39 is 5.97 Å². The number of rotatable bonds is 5. The first-order valence-corrected chi connectivity index (χ1v) is 6.70. The van der Waals surface area contributed by atoms with Crippen molar-refractivity contribution in [2.45, 2.75) is 0 Å². The minimum absolute atomic E-state index is 0.346. The van der Waals surface area contributed by atoms with E-state index in [0.717, 1.165) is 16.0 Å². The van der Waals surface area contributed by atoms with Crippen molar-refractivity contribution in [3.05, 3.63) is 53.4 Å². The van der Waals surface area contributed by atoms with Gasteiger partial charge in [0.25, 0.3) is 0 Å². The molecule has 2 rings (SSSR count). The molecule has 0 amide bonds. The first-order chi connectivity index (χ1) is 9.13. The van der Waals surface area contributed by atoms with Crippen LogP contribution in [0.1, 0.15) is 15.2 Å². The normalized spacial score (nSPS) is 10.4. The molecule has 0 aliphatic carbocycles. The van der Waals surface area contributed by atoms with Crippen LogP contribution in [0, 0.1) is 0 Å². The first-order valence-electron chi connectivity index (χ1n) is 5.88. The highest BCUT2D eigenvalue weighted by atomic mass is 32.1. The van der Waals surface area contributed by atoms with Crippen molar-refractivity contribution in [1.82, 2.24) is 5.32 Å². The Hall–Kier alpha value is -1.91. The van der Waals surface area contributed by atoms with E-state index in [1.165, 1.54) is 11.3 Å². The van der Waals surface area contributed by atoms with Crippen LogP contribution in [0.4, 0.5) is 0 Å². The summed E-state index contributed by atoms with van der Waals surface area (Å²) in [6.45, 7) is 4.52. The van der Waals surface area contributed by atoms with Gasteiger partial charge in [0.05, 0.1) is 0 Å². The Balaban J connectivity index is 2.47. The number of benzene rings is 1. The van der Waals surface area contributed by atoms with Gasteiger partial charge in [-0.15, -0.1) is 11.3 Å². The third-order valence-corrected chi connectivity index (χ3v) is 3.93. The molecule has 1 aromatic heterocycles. The number of carboxylic acids is 1. The van der Waals surface area contributed by atoms with Crippen molar-refractivity contribution in [2.24, 2.45) is 0 Å². The molecule has 0 unspecified atom stereocenters. The van der Waals surface area contributed by atoms with Crippen LogP contribution in [0.15, 0.2) is 43.0 Å². The number of aromatic carboxylic acids is 1. The molecule has 0 bridgehead atoms. The lowest BCUT2D eigenvalue weighted by Gasteiger charge is -2.03. The van der Waals surface area contributed by atoms with Gasteiger partial charge in [-0.3, -0.25) is 0 Å². The molecule has 1 heterocycles. The topological polar surface area (TPSA) is 49.3 Å². The summed E-state index contributed by atoms with van der Waals surface area (Å²) < 4.78 is 0. The van der Waals surface area contributed by atoms with Crippen molar-refractivity contribution in [2.75, 3.05) is 13.6 Å². The molecule has 1 aromatic carbocycles. The van der Waals surface area contributed by atoms with E-state index in [9.17, 15) is 9.90 Å². The third kappa shape index (κ3) is 2.92. The third-order valence-electron chi connectivity index (χ3n) is 2.76. The minimum Gasteiger partial charge on any atom is -0.477 e. The molecule has 0 spiro atoms. The zero-order valence-electron chi connectivity index (χ0n) is 10.6. The van der Waals surface area contributed by atoms with Crippen LogP contribution in [-0.2, 0) is 0 Å². The van der Waals surface area contributed by atoms with Crippen LogP contribution < -0.4 is 5.32 Å². The summed E-state index contributed by atoms with van der Waals surface area (Å²) in [5.74, 6) is -0.903. The van der Waals surface area contributed by atoms with Gasteiger partial charge < -0.3 is 10.4 Å². The lowest BCUT2D eigenvalue weighted by Crippen LogP contribution is -2.10. The molecule has 0 atom stereocenters. The zero-order valence-corrected chi connectivity index (χ0v) is 11.5. The van der Waals surface area contributed by atoms with Gasteiger partial charge in [-0.1, -0.05) is 36.9 Å². The Morgan fingerprint density at radius 1 is 1.37 bits per heavy atom. The highest BCUT2D eigenvalue weighted by Crippen LogP contribution is 2.34. The SMILES string of the molecule is C=C(CNC)c1cc(-c2ccccc2)sc1C(=O)O. The van der Waals surface area contributed by atoms with Crippen molar-refractivity contribution in [3.8, 4) is 10.4 Å². The summed E-state index contributed by atoms with van der Waals surface area (Å²) in [6, 6.07) is 11.7. The summed E-state index contributed by atoms with van der Waals surface area (Å²) in [7, 11) is 1.82. The standard InChI is InChI=1S/C15H15NO2S/c1-10(9-16-2)12-8-13(19-14(12)15(17)18)11-6-4-3-5-7-11/h3-8,16H,1,9H2,2H3,(H,17,18).